The molecular weight excluding hydrogens is 176 g/mol. The molecule has 0 amide bonds. The Morgan fingerprint density at radius 3 is 2.71 bits per heavy atom. The highest BCUT2D eigenvalue weighted by Crippen LogP contribution is 2.15. The van der Waals surface area contributed by atoms with Crippen molar-refractivity contribution in [2.45, 2.75) is 26.8 Å². The summed E-state index contributed by atoms with van der Waals surface area (Å²) in [6, 6.07) is 6.22. The molecule has 0 spiro atoms. The Morgan fingerprint density at radius 2 is 2.07 bits per heavy atom. The summed E-state index contributed by atoms with van der Waals surface area (Å²) in [5, 5.41) is 3.62. The van der Waals surface area contributed by atoms with E-state index in [9.17, 15) is 4.79 Å². The first-order chi connectivity index (χ1) is 6.59. The van der Waals surface area contributed by atoms with Gasteiger partial charge in [0.1, 0.15) is 0 Å². The molecule has 2 aromatic rings. The number of hydrogen-bond acceptors (Lipinski definition) is 1. The molecule has 1 N–H and O–H groups in total. The van der Waals surface area contributed by atoms with Crippen molar-refractivity contribution in [2.75, 3.05) is 0 Å². The molecule has 1 aromatic heterocycles. The van der Waals surface area contributed by atoms with Crippen molar-refractivity contribution in [2.24, 2.45) is 0 Å². The molecule has 0 aliphatic carbocycles. The fraction of sp³-hybridized carbons (Fsp3) is 0.364. The van der Waals surface area contributed by atoms with Gasteiger partial charge in [-0.05, 0) is 32.9 Å². The number of aryl methyl sites for hydroxylation is 1. The summed E-state index contributed by atoms with van der Waals surface area (Å²) in [7, 11) is 0. The molecule has 0 atom stereocenters. The van der Waals surface area contributed by atoms with Crippen LogP contribution in [0.1, 0.15) is 25.5 Å². The van der Waals surface area contributed by atoms with Crippen LogP contribution in [-0.2, 0) is 0 Å². The van der Waals surface area contributed by atoms with Crippen molar-refractivity contribution >= 4 is 10.9 Å². The van der Waals surface area contributed by atoms with Crippen LogP contribution in [0.15, 0.2) is 23.0 Å². The maximum Gasteiger partial charge on any atom is 0.271 e. The minimum atomic E-state index is -0.00241. The van der Waals surface area contributed by atoms with Crippen molar-refractivity contribution in [1.82, 2.24) is 9.78 Å². The molecule has 1 aromatic carbocycles. The van der Waals surface area contributed by atoms with Crippen LogP contribution in [0, 0.1) is 6.92 Å². The summed E-state index contributed by atoms with van der Waals surface area (Å²) >= 11 is 0. The third kappa shape index (κ3) is 1.25. The molecule has 14 heavy (non-hydrogen) atoms. The lowest BCUT2D eigenvalue weighted by Crippen LogP contribution is -2.07. The van der Waals surface area contributed by atoms with E-state index in [1.54, 1.807) is 0 Å². The van der Waals surface area contributed by atoms with Crippen molar-refractivity contribution < 1.29 is 0 Å². The standard InChI is InChI=1S/C11H14N2O/c1-7(2)13-10-5-4-8(3)6-9(10)11(14)12-13/h4-7H,1-3H3,(H,12,14). The Hall–Kier alpha value is -1.51. The number of rotatable bonds is 1. The Morgan fingerprint density at radius 1 is 1.36 bits per heavy atom. The molecule has 0 radical (unpaired) electrons. The molecule has 3 nitrogen and oxygen atoms in total. The summed E-state index contributed by atoms with van der Waals surface area (Å²) in [5.41, 5.74) is 2.09. The Kier molecular flexibility index (Phi) is 1.95. The third-order valence-electron chi connectivity index (χ3n) is 2.39. The summed E-state index contributed by atoms with van der Waals surface area (Å²) < 4.78 is 1.90. The molecule has 0 bridgehead atoms. The van der Waals surface area contributed by atoms with Gasteiger partial charge in [0.25, 0.3) is 5.56 Å². The van der Waals surface area contributed by atoms with Crippen molar-refractivity contribution in [1.29, 1.82) is 0 Å². The molecule has 74 valence electrons. The molecule has 0 aliphatic rings. The number of aromatic amines is 1. The van der Waals surface area contributed by atoms with E-state index in [2.05, 4.69) is 18.9 Å². The fourth-order valence-electron chi connectivity index (χ4n) is 1.68. The lowest BCUT2D eigenvalue weighted by atomic mass is 10.2. The SMILES string of the molecule is Cc1ccc2c(c1)c(=O)[nH]n2C(C)C. The van der Waals surface area contributed by atoms with E-state index in [1.807, 2.05) is 29.8 Å². The second-order valence-corrected chi connectivity index (χ2v) is 3.93. The average molecular weight is 190 g/mol. The summed E-state index contributed by atoms with van der Waals surface area (Å²) in [5.74, 6) is 0. The molecule has 0 unspecified atom stereocenters. The van der Waals surface area contributed by atoms with Crippen LogP contribution in [0.2, 0.25) is 0 Å². The third-order valence-corrected chi connectivity index (χ3v) is 2.39. The number of nitrogens with zero attached hydrogens (tertiary/aromatic N) is 1. The highest BCUT2D eigenvalue weighted by molar-refractivity contribution is 5.79. The molecule has 1 heterocycles. The summed E-state index contributed by atoms with van der Waals surface area (Å²) in [6.07, 6.45) is 0. The predicted octanol–water partition coefficient (Wildman–Crippen LogP) is 2.22. The van der Waals surface area contributed by atoms with E-state index < -0.39 is 0 Å². The van der Waals surface area contributed by atoms with Crippen LogP contribution >= 0.6 is 0 Å². The van der Waals surface area contributed by atoms with Gasteiger partial charge in [0, 0.05) is 6.04 Å². The number of fused-ring (bicyclic) bond motifs is 1. The van der Waals surface area contributed by atoms with E-state index in [-0.39, 0.29) is 11.6 Å². The van der Waals surface area contributed by atoms with Gasteiger partial charge in [-0.15, -0.1) is 0 Å². The number of benzene rings is 1. The molecule has 0 saturated heterocycles. The average Bonchev–Trinajstić information content (AvgIpc) is 2.44. The quantitative estimate of drug-likeness (QED) is 0.735. The zero-order valence-electron chi connectivity index (χ0n) is 8.66. The highest BCUT2D eigenvalue weighted by Gasteiger charge is 2.07. The monoisotopic (exact) mass is 190 g/mol. The second-order valence-electron chi connectivity index (χ2n) is 3.93. The Labute approximate surface area is 82.3 Å². The van der Waals surface area contributed by atoms with Crippen LogP contribution in [0.25, 0.3) is 10.9 Å². The zero-order chi connectivity index (χ0) is 10.3. The van der Waals surface area contributed by atoms with Gasteiger partial charge < -0.3 is 0 Å². The Bertz CT molecular complexity index is 520. The van der Waals surface area contributed by atoms with Gasteiger partial charge in [-0.2, -0.15) is 0 Å². The second kappa shape index (κ2) is 3.01. The normalized spacial score (nSPS) is 11.4. The topological polar surface area (TPSA) is 37.8 Å². The largest absolute Gasteiger partial charge is 0.282 e. The molecular formula is C11H14N2O. The summed E-state index contributed by atoms with van der Waals surface area (Å²) in [4.78, 5) is 11.6. The van der Waals surface area contributed by atoms with Gasteiger partial charge in [-0.1, -0.05) is 11.6 Å². The first-order valence-electron chi connectivity index (χ1n) is 4.80. The molecule has 3 heteroatoms. The lowest BCUT2D eigenvalue weighted by Gasteiger charge is -2.07. The van der Waals surface area contributed by atoms with E-state index in [1.165, 1.54) is 0 Å². The maximum atomic E-state index is 11.6. The first kappa shape index (κ1) is 9.06. The zero-order valence-corrected chi connectivity index (χ0v) is 8.66. The molecule has 2 rings (SSSR count). The maximum absolute atomic E-state index is 11.6. The van der Waals surface area contributed by atoms with Gasteiger partial charge >= 0.3 is 0 Å². The van der Waals surface area contributed by atoms with Crippen molar-refractivity contribution in [3.63, 3.8) is 0 Å². The van der Waals surface area contributed by atoms with E-state index in [0.29, 0.717) is 0 Å². The minimum absolute atomic E-state index is 0.00241. The van der Waals surface area contributed by atoms with Gasteiger partial charge in [0.15, 0.2) is 0 Å². The smallest absolute Gasteiger partial charge is 0.271 e. The molecule has 0 fully saturated rings. The molecule has 0 aliphatic heterocycles. The first-order valence-corrected chi connectivity index (χ1v) is 4.80. The van der Waals surface area contributed by atoms with Crippen molar-refractivity contribution in [3.8, 4) is 0 Å². The van der Waals surface area contributed by atoms with Crippen LogP contribution in [0.4, 0.5) is 0 Å². The Balaban J connectivity index is 2.84. The predicted molar refractivity (Wildman–Crippen MR) is 57.7 cm³/mol. The molecule has 0 saturated carbocycles. The van der Waals surface area contributed by atoms with Gasteiger partial charge in [0.05, 0.1) is 10.9 Å². The van der Waals surface area contributed by atoms with Crippen LogP contribution in [0.5, 0.6) is 0 Å². The van der Waals surface area contributed by atoms with Gasteiger partial charge in [-0.3, -0.25) is 14.6 Å². The van der Waals surface area contributed by atoms with Crippen LogP contribution < -0.4 is 5.56 Å². The number of H-pyrrole nitrogens is 1. The van der Waals surface area contributed by atoms with E-state index >= 15 is 0 Å². The van der Waals surface area contributed by atoms with Crippen LogP contribution in [-0.4, -0.2) is 9.78 Å². The minimum Gasteiger partial charge on any atom is -0.282 e. The highest BCUT2D eigenvalue weighted by atomic mass is 16.1. The fourth-order valence-corrected chi connectivity index (χ4v) is 1.68. The lowest BCUT2D eigenvalue weighted by molar-refractivity contribution is 0.546. The van der Waals surface area contributed by atoms with Gasteiger partial charge in [-0.25, -0.2) is 0 Å². The number of hydrogen-bond donors (Lipinski definition) is 1. The van der Waals surface area contributed by atoms with Crippen LogP contribution in [0.3, 0.4) is 0 Å². The van der Waals surface area contributed by atoms with E-state index in [0.717, 1.165) is 16.5 Å². The summed E-state index contributed by atoms with van der Waals surface area (Å²) in [6.45, 7) is 6.09. The number of aromatic nitrogens is 2. The van der Waals surface area contributed by atoms with Crippen molar-refractivity contribution in [3.05, 3.63) is 34.1 Å². The van der Waals surface area contributed by atoms with Gasteiger partial charge in [0.2, 0.25) is 0 Å². The number of nitrogens with one attached hydrogen (secondary N) is 1. The van der Waals surface area contributed by atoms with E-state index in [4.69, 9.17) is 0 Å².